The zero-order chi connectivity index (χ0) is 28.4. The summed E-state index contributed by atoms with van der Waals surface area (Å²) in [5.74, 6) is -0.324. The van der Waals surface area contributed by atoms with E-state index in [1.807, 2.05) is 13.0 Å². The van der Waals surface area contributed by atoms with Crippen molar-refractivity contribution in [3.05, 3.63) is 108 Å². The summed E-state index contributed by atoms with van der Waals surface area (Å²) in [5, 5.41) is 9.53. The molecule has 1 fully saturated rings. The van der Waals surface area contributed by atoms with E-state index >= 15 is 0 Å². The topological polar surface area (TPSA) is 66.3 Å². The Labute approximate surface area is 252 Å². The molecule has 206 valence electrons. The average molecular weight is 586 g/mol. The van der Waals surface area contributed by atoms with Crippen molar-refractivity contribution in [2.24, 2.45) is 0 Å². The van der Waals surface area contributed by atoms with E-state index < -0.39 is 5.97 Å². The van der Waals surface area contributed by atoms with Crippen molar-refractivity contribution >= 4 is 51.4 Å². The zero-order valence-electron chi connectivity index (χ0n) is 22.9. The lowest BCUT2D eigenvalue weighted by Gasteiger charge is -2.27. The largest absolute Gasteiger partial charge is 0.478 e. The third-order valence-electron chi connectivity index (χ3n) is 8.74. The number of carboxylic acids is 1. The molecule has 2 atom stereocenters. The molecule has 0 radical (unpaired) electrons. The van der Waals surface area contributed by atoms with Crippen molar-refractivity contribution in [3.8, 4) is 32.0 Å². The Morgan fingerprint density at radius 3 is 2.45 bits per heavy atom. The Bertz CT molecular complexity index is 1990. The number of aromatic nitrogens is 2. The first-order valence-corrected chi connectivity index (χ1v) is 15.8. The van der Waals surface area contributed by atoms with Crippen LogP contribution in [0.3, 0.4) is 0 Å². The molecule has 3 heterocycles. The summed E-state index contributed by atoms with van der Waals surface area (Å²) >= 11 is 2.90. The minimum absolute atomic E-state index is 0.305. The van der Waals surface area contributed by atoms with Crippen molar-refractivity contribution in [2.45, 2.75) is 38.1 Å². The molecule has 0 bridgehead atoms. The van der Waals surface area contributed by atoms with Gasteiger partial charge in [0.05, 0.1) is 17.3 Å². The third-order valence-corrected chi connectivity index (χ3v) is 10.4. The molecule has 0 amide bonds. The smallest absolute Gasteiger partial charge is 0.335 e. The lowest BCUT2D eigenvalue weighted by molar-refractivity contribution is 0.0697. The Balaban J connectivity index is 1.19. The second kappa shape index (κ2) is 9.89. The predicted molar refractivity (Wildman–Crippen MR) is 172 cm³/mol. The highest BCUT2D eigenvalue weighted by Crippen LogP contribution is 2.53. The highest BCUT2D eigenvalue weighted by atomic mass is 32.1. The van der Waals surface area contributed by atoms with E-state index in [2.05, 4.69) is 77.7 Å². The van der Waals surface area contributed by atoms with E-state index in [0.29, 0.717) is 17.5 Å². The van der Waals surface area contributed by atoms with Gasteiger partial charge in [0.1, 0.15) is 11.0 Å². The van der Waals surface area contributed by atoms with Gasteiger partial charge in [-0.05, 0) is 84.5 Å². The fourth-order valence-electron chi connectivity index (χ4n) is 6.93. The second-order valence-corrected chi connectivity index (χ2v) is 12.9. The van der Waals surface area contributed by atoms with Crippen molar-refractivity contribution in [2.75, 3.05) is 4.90 Å². The number of carbonyl (C=O) groups is 1. The molecule has 2 aliphatic rings. The normalized spacial score (nSPS) is 17.5. The zero-order valence-corrected chi connectivity index (χ0v) is 24.6. The van der Waals surface area contributed by atoms with Crippen LogP contribution in [0.4, 0.5) is 11.4 Å². The van der Waals surface area contributed by atoms with E-state index in [1.54, 1.807) is 23.5 Å². The number of carboxylic acid groups (broad SMARTS) is 1. The van der Waals surface area contributed by atoms with Crippen LogP contribution in [0, 0.1) is 6.92 Å². The summed E-state index contributed by atoms with van der Waals surface area (Å²) in [4.78, 5) is 16.3. The lowest BCUT2D eigenvalue weighted by atomic mass is 9.94. The summed E-state index contributed by atoms with van der Waals surface area (Å²) in [6.45, 7) is 1.93. The van der Waals surface area contributed by atoms with Crippen LogP contribution in [0.15, 0.2) is 91.0 Å². The number of benzene rings is 4. The minimum atomic E-state index is -0.913. The van der Waals surface area contributed by atoms with Crippen molar-refractivity contribution in [1.82, 2.24) is 8.75 Å². The molecule has 1 aliphatic carbocycles. The number of thiophene rings is 1. The van der Waals surface area contributed by atoms with E-state index in [4.69, 9.17) is 8.75 Å². The molecule has 8 rings (SSSR count). The van der Waals surface area contributed by atoms with Crippen LogP contribution in [0.25, 0.3) is 43.0 Å². The van der Waals surface area contributed by atoms with E-state index in [1.165, 1.54) is 47.9 Å². The predicted octanol–water partition coefficient (Wildman–Crippen LogP) is 9.55. The summed E-state index contributed by atoms with van der Waals surface area (Å²) < 4.78 is 9.52. The van der Waals surface area contributed by atoms with Crippen LogP contribution in [0.2, 0.25) is 0 Å². The summed E-state index contributed by atoms with van der Waals surface area (Å²) in [5.41, 5.74) is 11.3. The number of aromatic carboxylic acids is 1. The van der Waals surface area contributed by atoms with Gasteiger partial charge in [-0.25, -0.2) is 4.79 Å². The Hall–Kier alpha value is -4.33. The summed E-state index contributed by atoms with van der Waals surface area (Å²) in [6.07, 6.45) is 3.75. The highest BCUT2D eigenvalue weighted by Gasteiger charge is 2.42. The molecule has 0 spiro atoms. The van der Waals surface area contributed by atoms with Gasteiger partial charge in [0.15, 0.2) is 0 Å². The maximum atomic E-state index is 11.6. The van der Waals surface area contributed by atoms with Gasteiger partial charge < -0.3 is 10.0 Å². The molecule has 1 aliphatic heterocycles. The molecular formula is C35H27N3O2S2. The fraction of sp³-hybridized carbons (Fsp3) is 0.171. The van der Waals surface area contributed by atoms with Crippen molar-refractivity contribution in [1.29, 1.82) is 0 Å². The molecule has 5 nitrogen and oxygen atoms in total. The monoisotopic (exact) mass is 585 g/mol. The second-order valence-electron chi connectivity index (χ2n) is 11.3. The maximum Gasteiger partial charge on any atom is 0.335 e. The van der Waals surface area contributed by atoms with Gasteiger partial charge in [0, 0.05) is 44.2 Å². The molecule has 7 heteroatoms. The van der Waals surface area contributed by atoms with Crippen molar-refractivity contribution in [3.63, 3.8) is 0 Å². The molecule has 4 aromatic carbocycles. The van der Waals surface area contributed by atoms with Gasteiger partial charge in [0.25, 0.3) is 0 Å². The van der Waals surface area contributed by atoms with Gasteiger partial charge in [-0.2, -0.15) is 8.75 Å². The number of aryl methyl sites for hydroxylation is 1. The number of para-hydroxylation sites is 1. The van der Waals surface area contributed by atoms with Gasteiger partial charge in [-0.15, -0.1) is 11.3 Å². The van der Waals surface area contributed by atoms with Crippen LogP contribution in [-0.4, -0.2) is 25.9 Å². The molecule has 42 heavy (non-hydrogen) atoms. The lowest BCUT2D eigenvalue weighted by Crippen LogP contribution is -2.26. The molecule has 1 saturated carbocycles. The van der Waals surface area contributed by atoms with Crippen molar-refractivity contribution < 1.29 is 9.90 Å². The number of anilines is 2. The summed E-state index contributed by atoms with van der Waals surface area (Å²) in [7, 11) is 0. The van der Waals surface area contributed by atoms with Crippen LogP contribution >= 0.6 is 23.1 Å². The van der Waals surface area contributed by atoms with E-state index in [-0.39, 0.29) is 0 Å². The first-order valence-electron chi connectivity index (χ1n) is 14.2. The van der Waals surface area contributed by atoms with E-state index in [0.717, 1.165) is 48.6 Å². The highest BCUT2D eigenvalue weighted by molar-refractivity contribution is 7.19. The van der Waals surface area contributed by atoms with Crippen LogP contribution in [-0.2, 0) is 0 Å². The molecule has 0 saturated heterocycles. The first-order chi connectivity index (χ1) is 20.5. The molecule has 6 aromatic rings. The maximum absolute atomic E-state index is 11.6. The van der Waals surface area contributed by atoms with Gasteiger partial charge >= 0.3 is 5.97 Å². The number of hydrogen-bond acceptors (Lipinski definition) is 6. The molecule has 2 unspecified atom stereocenters. The van der Waals surface area contributed by atoms with Crippen LogP contribution < -0.4 is 4.90 Å². The van der Waals surface area contributed by atoms with Crippen LogP contribution in [0.5, 0.6) is 0 Å². The summed E-state index contributed by atoms with van der Waals surface area (Å²) in [6, 6.07) is 32.3. The van der Waals surface area contributed by atoms with E-state index in [9.17, 15) is 9.90 Å². The number of nitrogens with zero attached hydrogens (tertiary/aromatic N) is 3. The quantitative estimate of drug-likeness (QED) is 0.218. The van der Waals surface area contributed by atoms with Gasteiger partial charge in [-0.3, -0.25) is 0 Å². The average Bonchev–Trinajstić information content (AvgIpc) is 3.81. The number of fused-ring (bicyclic) bond motifs is 4. The van der Waals surface area contributed by atoms with Gasteiger partial charge in [-0.1, -0.05) is 55.0 Å². The number of rotatable bonds is 5. The molecular weight excluding hydrogens is 559 g/mol. The Morgan fingerprint density at radius 1 is 0.833 bits per heavy atom. The SMILES string of the molecule is Cc1cc(C(=O)O)cc(-c2ccc(-c3ccc(-c4ccc5c(c4)N(c4ccccc4)C4CCCC54)c4nsnc34)s2)c1. The third kappa shape index (κ3) is 4.07. The molecule has 1 N–H and O–H groups in total. The minimum Gasteiger partial charge on any atom is -0.478 e. The fourth-order valence-corrected chi connectivity index (χ4v) is 8.52. The Morgan fingerprint density at radius 2 is 1.62 bits per heavy atom. The number of hydrogen-bond donors (Lipinski definition) is 1. The van der Waals surface area contributed by atoms with Gasteiger partial charge in [0.2, 0.25) is 0 Å². The first kappa shape index (κ1) is 25.4. The standard InChI is InChI=1S/C35H27N3O2S2/c1-20-16-22(18-23(17-20)35(39)40)31-14-15-32(41-31)28-13-12-25(33-34(28)37-42-36-33)21-10-11-27-26-8-5-9-29(26)38(30(27)19-21)24-6-3-2-4-7-24/h2-4,6-7,10-19,26,29H,5,8-9H2,1H3,(H,39,40). The van der Waals surface area contributed by atoms with Crippen LogP contribution in [0.1, 0.15) is 46.7 Å². The Kier molecular flexibility index (Phi) is 5.98. The molecule has 2 aromatic heterocycles.